The second kappa shape index (κ2) is 10.2. The zero-order valence-corrected chi connectivity index (χ0v) is 20.9. The van der Waals surface area contributed by atoms with Gasteiger partial charge in [-0.15, -0.1) is 0 Å². The van der Waals surface area contributed by atoms with Gasteiger partial charge in [-0.2, -0.15) is 13.2 Å². The Balaban J connectivity index is 1.50. The van der Waals surface area contributed by atoms with Crippen molar-refractivity contribution in [1.29, 1.82) is 0 Å². The van der Waals surface area contributed by atoms with Crippen LogP contribution < -0.4 is 10.2 Å². The molecular weight excluding hydrogens is 467 g/mol. The highest BCUT2D eigenvalue weighted by molar-refractivity contribution is 5.90. The number of carbonyl (C=O) groups is 1. The van der Waals surface area contributed by atoms with Crippen LogP contribution in [0.15, 0.2) is 42.5 Å². The normalized spacial score (nSPS) is 14.2. The van der Waals surface area contributed by atoms with Crippen molar-refractivity contribution in [3.8, 4) is 0 Å². The van der Waals surface area contributed by atoms with Crippen LogP contribution in [0.2, 0.25) is 0 Å². The summed E-state index contributed by atoms with van der Waals surface area (Å²) in [5, 5.41) is 3.01. The van der Waals surface area contributed by atoms with Crippen LogP contribution in [0.3, 0.4) is 0 Å². The van der Waals surface area contributed by atoms with Gasteiger partial charge in [-0.1, -0.05) is 30.3 Å². The molecule has 1 fully saturated rings. The topological polar surface area (TPSA) is 61.4 Å². The lowest BCUT2D eigenvalue weighted by molar-refractivity contribution is -0.137. The van der Waals surface area contributed by atoms with Crippen molar-refractivity contribution in [2.45, 2.75) is 40.3 Å². The van der Waals surface area contributed by atoms with Gasteiger partial charge in [0.2, 0.25) is 0 Å². The van der Waals surface area contributed by atoms with Crippen molar-refractivity contribution in [2.75, 3.05) is 36.4 Å². The van der Waals surface area contributed by atoms with Gasteiger partial charge in [-0.25, -0.2) is 14.8 Å². The predicted octanol–water partition coefficient (Wildman–Crippen LogP) is 5.67. The standard InChI is InChI=1S/C27H30F3N5O/c1-17-7-5-10-24(18(17)2)33-26(36)35-13-11-34(12-14-35)25-23(19(3)31-20(4)32-25)16-21-8-6-9-22(15-21)27(28,29)30/h5-10,15H,11-14,16H2,1-4H3,(H,33,36). The number of benzene rings is 2. The maximum Gasteiger partial charge on any atom is 0.416 e. The number of halogens is 3. The number of piperazine rings is 1. The molecule has 9 heteroatoms. The summed E-state index contributed by atoms with van der Waals surface area (Å²) in [6, 6.07) is 11.0. The summed E-state index contributed by atoms with van der Waals surface area (Å²) in [5.74, 6) is 1.32. The van der Waals surface area contributed by atoms with Crippen molar-refractivity contribution < 1.29 is 18.0 Å². The molecule has 6 nitrogen and oxygen atoms in total. The Morgan fingerprint density at radius 1 is 0.972 bits per heavy atom. The van der Waals surface area contributed by atoms with Gasteiger partial charge >= 0.3 is 12.2 Å². The van der Waals surface area contributed by atoms with Crippen LogP contribution in [-0.4, -0.2) is 47.1 Å². The highest BCUT2D eigenvalue weighted by Crippen LogP contribution is 2.31. The van der Waals surface area contributed by atoms with Crippen LogP contribution in [0.25, 0.3) is 0 Å². The van der Waals surface area contributed by atoms with E-state index < -0.39 is 11.7 Å². The number of alkyl halides is 3. The molecule has 4 rings (SSSR count). The van der Waals surface area contributed by atoms with Crippen LogP contribution in [-0.2, 0) is 12.6 Å². The molecule has 3 aromatic rings. The third-order valence-electron chi connectivity index (χ3n) is 6.65. The molecule has 1 saturated heterocycles. The van der Waals surface area contributed by atoms with Gasteiger partial charge in [-0.05, 0) is 56.5 Å². The Labute approximate surface area is 209 Å². The summed E-state index contributed by atoms with van der Waals surface area (Å²) < 4.78 is 39.7. The fourth-order valence-electron chi connectivity index (χ4n) is 4.45. The molecule has 0 saturated carbocycles. The average Bonchev–Trinajstić information content (AvgIpc) is 2.83. The number of hydrogen-bond acceptors (Lipinski definition) is 4. The third kappa shape index (κ3) is 5.61. The Bertz CT molecular complexity index is 1270. The summed E-state index contributed by atoms with van der Waals surface area (Å²) in [5.41, 5.74) is 4.37. The zero-order valence-electron chi connectivity index (χ0n) is 20.9. The minimum atomic E-state index is -4.40. The van der Waals surface area contributed by atoms with E-state index in [-0.39, 0.29) is 6.03 Å². The SMILES string of the molecule is Cc1nc(C)c(Cc2cccc(C(F)(F)F)c2)c(N2CCN(C(=O)Nc3cccc(C)c3C)CC2)n1. The molecule has 190 valence electrons. The maximum atomic E-state index is 13.2. The van der Waals surface area contributed by atoms with Gasteiger partial charge in [0.25, 0.3) is 0 Å². The van der Waals surface area contributed by atoms with E-state index in [4.69, 9.17) is 0 Å². The van der Waals surface area contributed by atoms with E-state index in [1.54, 1.807) is 17.9 Å². The second-order valence-electron chi connectivity index (χ2n) is 9.19. The number of amides is 2. The summed E-state index contributed by atoms with van der Waals surface area (Å²) in [7, 11) is 0. The van der Waals surface area contributed by atoms with Gasteiger partial charge in [0.1, 0.15) is 11.6 Å². The summed E-state index contributed by atoms with van der Waals surface area (Å²) in [4.78, 5) is 25.9. The molecule has 2 amide bonds. The zero-order chi connectivity index (χ0) is 26.0. The number of carbonyl (C=O) groups excluding carboxylic acids is 1. The van der Waals surface area contributed by atoms with Gasteiger partial charge in [-0.3, -0.25) is 0 Å². The fourth-order valence-corrected chi connectivity index (χ4v) is 4.45. The van der Waals surface area contributed by atoms with Crippen LogP contribution in [0, 0.1) is 27.7 Å². The van der Waals surface area contributed by atoms with E-state index in [2.05, 4.69) is 20.2 Å². The minimum Gasteiger partial charge on any atom is -0.353 e. The van der Waals surface area contributed by atoms with Gasteiger partial charge in [0.05, 0.1) is 5.56 Å². The maximum absolute atomic E-state index is 13.2. The second-order valence-corrected chi connectivity index (χ2v) is 9.19. The average molecular weight is 498 g/mol. The third-order valence-corrected chi connectivity index (χ3v) is 6.65. The number of hydrogen-bond donors (Lipinski definition) is 1. The van der Waals surface area contributed by atoms with E-state index in [1.165, 1.54) is 12.1 Å². The molecule has 36 heavy (non-hydrogen) atoms. The summed E-state index contributed by atoms with van der Waals surface area (Å²) in [6.45, 7) is 9.77. The number of rotatable bonds is 4. The number of aryl methyl sites for hydroxylation is 3. The van der Waals surface area contributed by atoms with Crippen molar-refractivity contribution in [3.05, 3.63) is 81.8 Å². The molecule has 0 atom stereocenters. The van der Waals surface area contributed by atoms with E-state index in [1.807, 2.05) is 39.0 Å². The number of nitrogens with zero attached hydrogens (tertiary/aromatic N) is 4. The van der Waals surface area contributed by atoms with Crippen LogP contribution in [0.4, 0.5) is 29.5 Å². The molecule has 0 aliphatic carbocycles. The van der Waals surface area contributed by atoms with Crippen LogP contribution in [0.5, 0.6) is 0 Å². The Hall–Kier alpha value is -3.62. The Kier molecular flexibility index (Phi) is 7.19. The molecule has 1 N–H and O–H groups in total. The van der Waals surface area contributed by atoms with Gasteiger partial charge < -0.3 is 15.1 Å². The summed E-state index contributed by atoms with van der Waals surface area (Å²) in [6.07, 6.45) is -4.11. The first-order chi connectivity index (χ1) is 17.0. The number of aromatic nitrogens is 2. The summed E-state index contributed by atoms with van der Waals surface area (Å²) >= 11 is 0. The van der Waals surface area contributed by atoms with E-state index >= 15 is 0 Å². The molecule has 1 aromatic heterocycles. The lowest BCUT2D eigenvalue weighted by Gasteiger charge is -2.36. The molecule has 0 radical (unpaired) electrons. The highest BCUT2D eigenvalue weighted by Gasteiger charge is 2.31. The van der Waals surface area contributed by atoms with E-state index in [0.717, 1.165) is 34.1 Å². The minimum absolute atomic E-state index is 0.150. The fraction of sp³-hybridized carbons (Fsp3) is 0.370. The smallest absolute Gasteiger partial charge is 0.353 e. The molecular formula is C27H30F3N5O. The molecule has 0 unspecified atom stereocenters. The first kappa shape index (κ1) is 25.5. The largest absolute Gasteiger partial charge is 0.416 e. The number of urea groups is 1. The predicted molar refractivity (Wildman–Crippen MR) is 134 cm³/mol. The lowest BCUT2D eigenvalue weighted by atomic mass is 10.0. The number of nitrogens with one attached hydrogen (secondary N) is 1. The quantitative estimate of drug-likeness (QED) is 0.504. The van der Waals surface area contributed by atoms with Crippen LogP contribution in [0.1, 0.15) is 39.3 Å². The first-order valence-corrected chi connectivity index (χ1v) is 11.9. The van der Waals surface area contributed by atoms with Crippen molar-refractivity contribution in [3.63, 3.8) is 0 Å². The van der Waals surface area contributed by atoms with Gasteiger partial charge in [0.15, 0.2) is 0 Å². The van der Waals surface area contributed by atoms with Crippen molar-refractivity contribution in [1.82, 2.24) is 14.9 Å². The van der Waals surface area contributed by atoms with E-state index in [0.29, 0.717) is 49.8 Å². The van der Waals surface area contributed by atoms with Crippen molar-refractivity contribution >= 4 is 17.5 Å². The molecule has 0 spiro atoms. The monoisotopic (exact) mass is 497 g/mol. The Morgan fingerprint density at radius 2 is 1.67 bits per heavy atom. The van der Waals surface area contributed by atoms with E-state index in [9.17, 15) is 18.0 Å². The Morgan fingerprint density at radius 3 is 2.36 bits per heavy atom. The first-order valence-electron chi connectivity index (χ1n) is 11.9. The van der Waals surface area contributed by atoms with Gasteiger partial charge in [0, 0.05) is 49.5 Å². The molecule has 1 aliphatic heterocycles. The molecule has 0 bridgehead atoms. The van der Waals surface area contributed by atoms with Crippen LogP contribution >= 0.6 is 0 Å². The molecule has 1 aliphatic rings. The molecule has 2 aromatic carbocycles. The molecule has 2 heterocycles. The van der Waals surface area contributed by atoms with Crippen molar-refractivity contribution in [2.24, 2.45) is 0 Å². The highest BCUT2D eigenvalue weighted by atomic mass is 19.4. The number of anilines is 2. The lowest BCUT2D eigenvalue weighted by Crippen LogP contribution is -2.50.